The van der Waals surface area contributed by atoms with E-state index in [0.29, 0.717) is 5.41 Å². The molecule has 1 N–H and O–H groups in total. The summed E-state index contributed by atoms with van der Waals surface area (Å²) in [6.07, 6.45) is 2.46. The summed E-state index contributed by atoms with van der Waals surface area (Å²) in [5, 5.41) is 3.26. The molecule has 1 rings (SSSR count). The van der Waals surface area contributed by atoms with Crippen molar-refractivity contribution in [1.29, 1.82) is 0 Å². The Kier molecular flexibility index (Phi) is 3.53. The lowest BCUT2D eigenvalue weighted by molar-refractivity contribution is 0.0234. The van der Waals surface area contributed by atoms with Crippen LogP contribution in [0.15, 0.2) is 0 Å². The number of hydrogen-bond donors (Lipinski definition) is 1. The maximum atomic E-state index is 5.35. The molecule has 0 saturated carbocycles. The zero-order valence-corrected chi connectivity index (χ0v) is 8.52. The first-order chi connectivity index (χ1) is 5.67. The van der Waals surface area contributed by atoms with Crippen molar-refractivity contribution >= 4 is 0 Å². The summed E-state index contributed by atoms with van der Waals surface area (Å²) in [6, 6.07) is 0. The van der Waals surface area contributed by atoms with Crippen molar-refractivity contribution in [3.8, 4) is 0 Å². The third kappa shape index (κ3) is 2.46. The molecule has 0 unspecified atom stereocenters. The quantitative estimate of drug-likeness (QED) is 0.697. The van der Waals surface area contributed by atoms with Gasteiger partial charge in [0.15, 0.2) is 0 Å². The van der Waals surface area contributed by atoms with Crippen LogP contribution in [0.2, 0.25) is 0 Å². The molecule has 1 aliphatic rings. The van der Waals surface area contributed by atoms with Gasteiger partial charge in [0.25, 0.3) is 0 Å². The summed E-state index contributed by atoms with van der Waals surface area (Å²) < 4.78 is 5.35. The highest BCUT2D eigenvalue weighted by molar-refractivity contribution is 4.81. The molecule has 1 heterocycles. The zero-order valence-electron chi connectivity index (χ0n) is 8.52. The number of ether oxygens (including phenoxy) is 1. The van der Waals surface area contributed by atoms with Gasteiger partial charge >= 0.3 is 0 Å². The van der Waals surface area contributed by atoms with E-state index in [1.807, 2.05) is 7.05 Å². The normalized spacial score (nSPS) is 21.2. The van der Waals surface area contributed by atoms with Gasteiger partial charge < -0.3 is 10.1 Å². The molecule has 0 spiro atoms. The van der Waals surface area contributed by atoms with E-state index in [9.17, 15) is 0 Å². The predicted molar refractivity (Wildman–Crippen MR) is 51.3 cm³/mol. The monoisotopic (exact) mass is 171 g/mol. The zero-order chi connectivity index (χ0) is 9.03. The highest BCUT2D eigenvalue weighted by atomic mass is 16.5. The Balaban J connectivity index is 2.41. The Hall–Kier alpha value is -0.0800. The van der Waals surface area contributed by atoms with E-state index < -0.39 is 0 Å². The van der Waals surface area contributed by atoms with E-state index in [1.54, 1.807) is 0 Å². The molecule has 0 bridgehead atoms. The molecular formula is C10H21NO. The fraction of sp³-hybridized carbons (Fsp3) is 1.00. The minimum absolute atomic E-state index is 0.429. The van der Waals surface area contributed by atoms with Gasteiger partial charge in [0.1, 0.15) is 0 Å². The summed E-state index contributed by atoms with van der Waals surface area (Å²) in [4.78, 5) is 0. The molecule has 0 aromatic rings. The van der Waals surface area contributed by atoms with Crippen molar-refractivity contribution in [2.45, 2.75) is 26.7 Å². The molecule has 0 radical (unpaired) electrons. The van der Waals surface area contributed by atoms with E-state index in [2.05, 4.69) is 19.2 Å². The Morgan fingerprint density at radius 1 is 1.33 bits per heavy atom. The molecule has 2 nitrogen and oxygen atoms in total. The molecule has 2 heteroatoms. The van der Waals surface area contributed by atoms with Gasteiger partial charge in [-0.3, -0.25) is 0 Å². The summed E-state index contributed by atoms with van der Waals surface area (Å²) >= 11 is 0. The van der Waals surface area contributed by atoms with Crippen LogP contribution in [-0.4, -0.2) is 26.8 Å². The first-order valence-electron chi connectivity index (χ1n) is 4.89. The van der Waals surface area contributed by atoms with E-state index in [1.165, 1.54) is 12.8 Å². The molecular weight excluding hydrogens is 150 g/mol. The minimum Gasteiger partial charge on any atom is -0.381 e. The Bertz CT molecular complexity index is 128. The third-order valence-electron chi connectivity index (χ3n) is 2.96. The van der Waals surface area contributed by atoms with Crippen LogP contribution >= 0.6 is 0 Å². The first kappa shape index (κ1) is 10.0. The summed E-state index contributed by atoms with van der Waals surface area (Å²) in [6.45, 7) is 7.71. The topological polar surface area (TPSA) is 21.3 Å². The van der Waals surface area contributed by atoms with Gasteiger partial charge in [-0.25, -0.2) is 0 Å². The first-order valence-corrected chi connectivity index (χ1v) is 4.89. The van der Waals surface area contributed by atoms with Crippen LogP contribution in [0.25, 0.3) is 0 Å². The standard InChI is InChI=1S/C10H21NO/c1-10(2,8-11-3)9-4-6-12-7-5-9/h9,11H,4-8H2,1-3H3. The van der Waals surface area contributed by atoms with Gasteiger partial charge in [0, 0.05) is 19.8 Å². The maximum Gasteiger partial charge on any atom is 0.0468 e. The second-order valence-electron chi connectivity index (χ2n) is 4.41. The third-order valence-corrected chi connectivity index (χ3v) is 2.96. The summed E-state index contributed by atoms with van der Waals surface area (Å²) in [5.74, 6) is 0.832. The van der Waals surface area contributed by atoms with E-state index in [4.69, 9.17) is 4.74 Å². The van der Waals surface area contributed by atoms with Crippen molar-refractivity contribution in [2.24, 2.45) is 11.3 Å². The molecule has 12 heavy (non-hydrogen) atoms. The molecule has 1 aliphatic heterocycles. The van der Waals surface area contributed by atoms with E-state index in [0.717, 1.165) is 25.7 Å². The van der Waals surface area contributed by atoms with E-state index >= 15 is 0 Å². The Labute approximate surface area is 75.7 Å². The number of hydrogen-bond acceptors (Lipinski definition) is 2. The summed E-state index contributed by atoms with van der Waals surface area (Å²) in [7, 11) is 2.03. The molecule has 0 atom stereocenters. The smallest absolute Gasteiger partial charge is 0.0468 e. The highest BCUT2D eigenvalue weighted by Gasteiger charge is 2.29. The van der Waals surface area contributed by atoms with Crippen LogP contribution in [0.4, 0.5) is 0 Å². The van der Waals surface area contributed by atoms with Gasteiger partial charge in [0.2, 0.25) is 0 Å². The Morgan fingerprint density at radius 3 is 2.42 bits per heavy atom. The van der Waals surface area contributed by atoms with Crippen LogP contribution in [0.1, 0.15) is 26.7 Å². The Morgan fingerprint density at radius 2 is 1.92 bits per heavy atom. The number of nitrogens with one attached hydrogen (secondary N) is 1. The molecule has 0 aromatic carbocycles. The van der Waals surface area contributed by atoms with Gasteiger partial charge in [-0.05, 0) is 31.2 Å². The van der Waals surface area contributed by atoms with Gasteiger partial charge in [-0.1, -0.05) is 13.8 Å². The molecule has 0 amide bonds. The van der Waals surface area contributed by atoms with Gasteiger partial charge in [0.05, 0.1) is 0 Å². The molecule has 1 saturated heterocycles. The highest BCUT2D eigenvalue weighted by Crippen LogP contribution is 2.33. The molecule has 0 aromatic heterocycles. The van der Waals surface area contributed by atoms with Gasteiger partial charge in [-0.2, -0.15) is 0 Å². The minimum atomic E-state index is 0.429. The number of rotatable bonds is 3. The van der Waals surface area contributed by atoms with Crippen LogP contribution in [0.3, 0.4) is 0 Å². The fourth-order valence-electron chi connectivity index (χ4n) is 2.08. The average molecular weight is 171 g/mol. The van der Waals surface area contributed by atoms with E-state index in [-0.39, 0.29) is 0 Å². The van der Waals surface area contributed by atoms with Crippen molar-refractivity contribution in [1.82, 2.24) is 5.32 Å². The largest absolute Gasteiger partial charge is 0.381 e. The van der Waals surface area contributed by atoms with Crippen LogP contribution in [0.5, 0.6) is 0 Å². The lowest BCUT2D eigenvalue weighted by Crippen LogP contribution is -2.37. The van der Waals surface area contributed by atoms with Gasteiger partial charge in [-0.15, -0.1) is 0 Å². The summed E-state index contributed by atoms with van der Waals surface area (Å²) in [5.41, 5.74) is 0.429. The predicted octanol–water partition coefficient (Wildman–Crippen LogP) is 1.66. The van der Waals surface area contributed by atoms with Crippen molar-refractivity contribution in [3.05, 3.63) is 0 Å². The maximum absolute atomic E-state index is 5.35. The SMILES string of the molecule is CNCC(C)(C)C1CCOCC1. The lowest BCUT2D eigenvalue weighted by Gasteiger charge is -2.36. The molecule has 0 aliphatic carbocycles. The van der Waals surface area contributed by atoms with Crippen LogP contribution in [0, 0.1) is 11.3 Å². The van der Waals surface area contributed by atoms with Crippen LogP contribution < -0.4 is 5.32 Å². The average Bonchev–Trinajstić information content (AvgIpc) is 2.06. The second-order valence-corrected chi connectivity index (χ2v) is 4.41. The van der Waals surface area contributed by atoms with Crippen molar-refractivity contribution in [3.63, 3.8) is 0 Å². The van der Waals surface area contributed by atoms with Crippen molar-refractivity contribution in [2.75, 3.05) is 26.8 Å². The molecule has 1 fully saturated rings. The van der Waals surface area contributed by atoms with Crippen LogP contribution in [-0.2, 0) is 4.74 Å². The fourth-order valence-corrected chi connectivity index (χ4v) is 2.08. The van der Waals surface area contributed by atoms with Crippen molar-refractivity contribution < 1.29 is 4.74 Å². The molecule has 72 valence electrons. The lowest BCUT2D eigenvalue weighted by atomic mass is 9.74. The second kappa shape index (κ2) is 4.24.